The van der Waals surface area contributed by atoms with Gasteiger partial charge in [-0.25, -0.2) is 0 Å². The highest BCUT2D eigenvalue weighted by Crippen LogP contribution is 2.35. The molecule has 0 aromatic heterocycles. The number of hydrogen-bond donors (Lipinski definition) is 1. The summed E-state index contributed by atoms with van der Waals surface area (Å²) in [5, 5.41) is 9.58. The van der Waals surface area contributed by atoms with Crippen LogP contribution in [0.2, 0.25) is 0 Å². The summed E-state index contributed by atoms with van der Waals surface area (Å²) < 4.78 is 5.09. The minimum absolute atomic E-state index is 0.0451. The molecular weight excluding hydrogens is 166 g/mol. The third-order valence-electron chi connectivity index (χ3n) is 3.41. The molecule has 2 bridgehead atoms. The van der Waals surface area contributed by atoms with E-state index in [1.165, 1.54) is 12.8 Å². The van der Waals surface area contributed by atoms with Gasteiger partial charge in [0.05, 0.1) is 12.7 Å². The summed E-state index contributed by atoms with van der Waals surface area (Å²) in [5.41, 5.74) is 0. The van der Waals surface area contributed by atoms with E-state index < -0.39 is 0 Å². The van der Waals surface area contributed by atoms with Crippen LogP contribution in [-0.2, 0) is 4.74 Å². The molecule has 3 nitrogen and oxygen atoms in total. The number of rotatable bonds is 3. The van der Waals surface area contributed by atoms with Crippen LogP contribution in [0.5, 0.6) is 0 Å². The lowest BCUT2D eigenvalue weighted by atomic mass is 10.0. The van der Waals surface area contributed by atoms with Crippen molar-refractivity contribution in [1.82, 2.24) is 4.90 Å². The molecule has 0 aromatic rings. The van der Waals surface area contributed by atoms with Gasteiger partial charge < -0.3 is 9.84 Å². The highest BCUT2D eigenvalue weighted by molar-refractivity contribution is 4.94. The van der Waals surface area contributed by atoms with Crippen LogP contribution in [0.1, 0.15) is 25.7 Å². The summed E-state index contributed by atoms with van der Waals surface area (Å²) in [6.07, 6.45) is 4.44. The molecule has 2 aliphatic heterocycles. The quantitative estimate of drug-likeness (QED) is 0.699. The predicted molar refractivity (Wildman–Crippen MR) is 50.6 cm³/mol. The number of aliphatic hydroxyl groups is 1. The van der Waals surface area contributed by atoms with E-state index >= 15 is 0 Å². The maximum absolute atomic E-state index is 9.58. The minimum Gasteiger partial charge on any atom is -0.393 e. The molecule has 13 heavy (non-hydrogen) atoms. The normalized spacial score (nSPS) is 39.7. The fraction of sp³-hybridized carbons (Fsp3) is 1.00. The largest absolute Gasteiger partial charge is 0.393 e. The molecule has 2 heterocycles. The van der Waals surface area contributed by atoms with E-state index in [4.69, 9.17) is 4.74 Å². The Balaban J connectivity index is 1.90. The highest BCUT2D eigenvalue weighted by Gasteiger charge is 2.39. The van der Waals surface area contributed by atoms with Crippen LogP contribution in [0, 0.1) is 0 Å². The summed E-state index contributed by atoms with van der Waals surface area (Å²) >= 11 is 0. The van der Waals surface area contributed by atoms with Crippen molar-refractivity contribution in [2.24, 2.45) is 0 Å². The fourth-order valence-electron chi connectivity index (χ4n) is 2.81. The van der Waals surface area contributed by atoms with Crippen LogP contribution in [0.15, 0.2) is 0 Å². The lowest BCUT2D eigenvalue weighted by Crippen LogP contribution is -2.45. The van der Waals surface area contributed by atoms with Crippen molar-refractivity contribution < 1.29 is 9.84 Å². The average molecular weight is 185 g/mol. The second-order valence-electron chi connectivity index (χ2n) is 4.24. The van der Waals surface area contributed by atoms with E-state index in [-0.39, 0.29) is 6.10 Å². The highest BCUT2D eigenvalue weighted by atomic mass is 16.5. The molecule has 2 aliphatic rings. The molecule has 2 atom stereocenters. The van der Waals surface area contributed by atoms with Gasteiger partial charge in [-0.15, -0.1) is 0 Å². The fourth-order valence-corrected chi connectivity index (χ4v) is 2.81. The van der Waals surface area contributed by atoms with E-state index in [0.717, 1.165) is 26.0 Å². The van der Waals surface area contributed by atoms with Crippen LogP contribution < -0.4 is 0 Å². The van der Waals surface area contributed by atoms with Gasteiger partial charge in [0.25, 0.3) is 0 Å². The number of hydrogen-bond acceptors (Lipinski definition) is 3. The van der Waals surface area contributed by atoms with E-state index in [0.29, 0.717) is 12.1 Å². The molecule has 0 saturated carbocycles. The molecule has 0 amide bonds. The SMILES string of the molecule is COCCN1[C@H]2CC[C@H]1CC(O)C2. The first-order valence-corrected chi connectivity index (χ1v) is 5.24. The second-order valence-corrected chi connectivity index (χ2v) is 4.24. The number of aliphatic hydroxyl groups excluding tert-OH is 1. The van der Waals surface area contributed by atoms with Crippen molar-refractivity contribution in [1.29, 1.82) is 0 Å². The van der Waals surface area contributed by atoms with Gasteiger partial charge in [0.2, 0.25) is 0 Å². The van der Waals surface area contributed by atoms with Gasteiger partial charge in [-0.05, 0) is 25.7 Å². The predicted octanol–water partition coefficient (Wildman–Crippen LogP) is 0.621. The van der Waals surface area contributed by atoms with Gasteiger partial charge in [-0.3, -0.25) is 4.90 Å². The molecule has 0 radical (unpaired) electrons. The molecule has 2 fully saturated rings. The Morgan fingerprint density at radius 1 is 1.31 bits per heavy atom. The summed E-state index contributed by atoms with van der Waals surface area (Å²) in [6.45, 7) is 1.86. The first-order valence-electron chi connectivity index (χ1n) is 5.24. The van der Waals surface area contributed by atoms with Gasteiger partial charge in [0.1, 0.15) is 0 Å². The Morgan fingerprint density at radius 3 is 2.46 bits per heavy atom. The van der Waals surface area contributed by atoms with Crippen molar-refractivity contribution in [2.75, 3.05) is 20.3 Å². The average Bonchev–Trinajstić information content (AvgIpc) is 2.33. The molecule has 76 valence electrons. The Kier molecular flexibility index (Phi) is 2.86. The van der Waals surface area contributed by atoms with Gasteiger partial charge in [0.15, 0.2) is 0 Å². The van der Waals surface area contributed by atoms with E-state index in [1.807, 2.05) is 0 Å². The molecular formula is C10H19NO2. The first-order chi connectivity index (χ1) is 6.31. The number of nitrogens with zero attached hydrogens (tertiary/aromatic N) is 1. The number of methoxy groups -OCH3 is 1. The lowest BCUT2D eigenvalue weighted by molar-refractivity contribution is 0.0219. The van der Waals surface area contributed by atoms with Crippen molar-refractivity contribution in [3.63, 3.8) is 0 Å². The van der Waals surface area contributed by atoms with E-state index in [9.17, 15) is 5.11 Å². The Bertz CT molecular complexity index is 160. The number of piperidine rings is 1. The molecule has 0 aliphatic carbocycles. The summed E-state index contributed by atoms with van der Waals surface area (Å²) in [4.78, 5) is 2.52. The maximum Gasteiger partial charge on any atom is 0.0589 e. The van der Waals surface area contributed by atoms with Gasteiger partial charge >= 0.3 is 0 Å². The smallest absolute Gasteiger partial charge is 0.0589 e. The van der Waals surface area contributed by atoms with E-state index in [1.54, 1.807) is 7.11 Å². The number of ether oxygens (including phenoxy) is 1. The summed E-state index contributed by atoms with van der Waals surface area (Å²) in [6, 6.07) is 1.26. The van der Waals surface area contributed by atoms with Crippen LogP contribution in [0.3, 0.4) is 0 Å². The van der Waals surface area contributed by atoms with Crippen molar-refractivity contribution in [3.8, 4) is 0 Å². The lowest BCUT2D eigenvalue weighted by Gasteiger charge is -2.36. The second kappa shape index (κ2) is 3.95. The first kappa shape index (κ1) is 9.44. The van der Waals surface area contributed by atoms with Crippen LogP contribution in [-0.4, -0.2) is 48.5 Å². The number of fused-ring (bicyclic) bond motifs is 2. The standard InChI is InChI=1S/C10H19NO2/c1-13-5-4-11-8-2-3-9(11)7-10(12)6-8/h8-10,12H,2-7H2,1H3/t8-,9-/m0/s1. The third-order valence-corrected chi connectivity index (χ3v) is 3.41. The van der Waals surface area contributed by atoms with Crippen LogP contribution >= 0.6 is 0 Å². The Labute approximate surface area is 79.7 Å². The molecule has 0 aromatic carbocycles. The zero-order chi connectivity index (χ0) is 9.26. The molecule has 2 rings (SSSR count). The zero-order valence-corrected chi connectivity index (χ0v) is 8.28. The molecule has 3 heteroatoms. The maximum atomic E-state index is 9.58. The van der Waals surface area contributed by atoms with Crippen LogP contribution in [0.4, 0.5) is 0 Å². The van der Waals surface area contributed by atoms with Crippen molar-refractivity contribution >= 4 is 0 Å². The Morgan fingerprint density at radius 2 is 1.92 bits per heavy atom. The molecule has 1 N–H and O–H groups in total. The monoisotopic (exact) mass is 185 g/mol. The van der Waals surface area contributed by atoms with Crippen molar-refractivity contribution in [2.45, 2.75) is 43.9 Å². The van der Waals surface area contributed by atoms with E-state index in [2.05, 4.69) is 4.90 Å². The Hall–Kier alpha value is -0.120. The third kappa shape index (κ3) is 1.87. The summed E-state index contributed by atoms with van der Waals surface area (Å²) in [7, 11) is 1.75. The van der Waals surface area contributed by atoms with Gasteiger partial charge in [0, 0.05) is 25.7 Å². The molecule has 0 unspecified atom stereocenters. The van der Waals surface area contributed by atoms with Crippen LogP contribution in [0.25, 0.3) is 0 Å². The van der Waals surface area contributed by atoms with Gasteiger partial charge in [-0.2, -0.15) is 0 Å². The van der Waals surface area contributed by atoms with Gasteiger partial charge in [-0.1, -0.05) is 0 Å². The molecule has 0 spiro atoms. The summed E-state index contributed by atoms with van der Waals surface area (Å²) in [5.74, 6) is 0. The molecule has 2 saturated heterocycles. The topological polar surface area (TPSA) is 32.7 Å². The van der Waals surface area contributed by atoms with Crippen molar-refractivity contribution in [3.05, 3.63) is 0 Å². The minimum atomic E-state index is -0.0451. The zero-order valence-electron chi connectivity index (χ0n) is 8.28.